The van der Waals surface area contributed by atoms with Gasteiger partial charge in [-0.15, -0.1) is 0 Å². The minimum Gasteiger partial charge on any atom is -0.339 e. The first kappa shape index (κ1) is 17.5. The number of benzene rings is 1. The summed E-state index contributed by atoms with van der Waals surface area (Å²) >= 11 is 0. The molecule has 0 spiro atoms. The Kier molecular flexibility index (Phi) is 4.59. The summed E-state index contributed by atoms with van der Waals surface area (Å²) in [5.41, 5.74) is 1.95. The standard InChI is InChI=1S/C20H15FN6O/c1-12(28)25-18-10-19(24-11-23-18)26-17-9-16(13-5-2-3-7-15(13)21)27-20-14(17)6-4-8-22-20/h2-11H,1H3,(H2,22,23,24,25,26,27,28). The minimum absolute atomic E-state index is 0.231. The van der Waals surface area contributed by atoms with E-state index in [1.54, 1.807) is 42.6 Å². The second-order valence-electron chi connectivity index (χ2n) is 6.00. The minimum atomic E-state index is -0.369. The fourth-order valence-corrected chi connectivity index (χ4v) is 2.78. The van der Waals surface area contributed by atoms with E-state index in [1.807, 2.05) is 6.07 Å². The highest BCUT2D eigenvalue weighted by Gasteiger charge is 2.12. The van der Waals surface area contributed by atoms with E-state index in [0.29, 0.717) is 34.2 Å². The Balaban J connectivity index is 1.80. The summed E-state index contributed by atoms with van der Waals surface area (Å²) in [6, 6.07) is 13.4. The van der Waals surface area contributed by atoms with Gasteiger partial charge in [-0.2, -0.15) is 0 Å². The molecule has 0 fully saturated rings. The molecule has 3 heterocycles. The van der Waals surface area contributed by atoms with E-state index in [1.165, 1.54) is 19.3 Å². The van der Waals surface area contributed by atoms with Crippen molar-refractivity contribution >= 4 is 34.3 Å². The van der Waals surface area contributed by atoms with Crippen molar-refractivity contribution in [3.8, 4) is 11.3 Å². The van der Waals surface area contributed by atoms with E-state index >= 15 is 0 Å². The van der Waals surface area contributed by atoms with Crippen LogP contribution in [0.3, 0.4) is 0 Å². The number of anilines is 3. The zero-order valence-corrected chi connectivity index (χ0v) is 14.8. The van der Waals surface area contributed by atoms with Crippen molar-refractivity contribution in [2.75, 3.05) is 10.6 Å². The lowest BCUT2D eigenvalue weighted by atomic mass is 10.1. The Morgan fingerprint density at radius 1 is 1.00 bits per heavy atom. The van der Waals surface area contributed by atoms with Gasteiger partial charge >= 0.3 is 0 Å². The number of halogens is 1. The maximum absolute atomic E-state index is 14.3. The van der Waals surface area contributed by atoms with Gasteiger partial charge in [-0.3, -0.25) is 4.79 Å². The Hall–Kier alpha value is -3.94. The fourth-order valence-electron chi connectivity index (χ4n) is 2.78. The summed E-state index contributed by atoms with van der Waals surface area (Å²) < 4.78 is 14.3. The van der Waals surface area contributed by atoms with Crippen LogP contribution in [0.25, 0.3) is 22.3 Å². The average Bonchev–Trinajstić information content (AvgIpc) is 2.68. The SMILES string of the molecule is CC(=O)Nc1cc(Nc2cc(-c3ccccc3F)nc3ncccc23)ncn1. The molecule has 1 amide bonds. The van der Waals surface area contributed by atoms with Gasteiger partial charge in [0.05, 0.1) is 11.4 Å². The number of fused-ring (bicyclic) bond motifs is 1. The van der Waals surface area contributed by atoms with E-state index in [2.05, 4.69) is 30.6 Å². The highest BCUT2D eigenvalue weighted by Crippen LogP contribution is 2.30. The van der Waals surface area contributed by atoms with Crippen molar-refractivity contribution < 1.29 is 9.18 Å². The number of hydrogen-bond acceptors (Lipinski definition) is 6. The Morgan fingerprint density at radius 3 is 2.64 bits per heavy atom. The zero-order chi connectivity index (χ0) is 19.5. The van der Waals surface area contributed by atoms with Crippen LogP contribution in [0.1, 0.15) is 6.92 Å². The highest BCUT2D eigenvalue weighted by molar-refractivity contribution is 5.93. The fraction of sp³-hybridized carbons (Fsp3) is 0.0500. The molecule has 0 aliphatic heterocycles. The Labute approximate surface area is 159 Å². The van der Waals surface area contributed by atoms with Gasteiger partial charge in [-0.05, 0) is 30.3 Å². The number of carbonyl (C=O) groups is 1. The van der Waals surface area contributed by atoms with Crippen molar-refractivity contribution in [1.29, 1.82) is 0 Å². The van der Waals surface area contributed by atoms with Gasteiger partial charge in [0.15, 0.2) is 5.65 Å². The molecule has 0 saturated heterocycles. The van der Waals surface area contributed by atoms with Crippen molar-refractivity contribution in [1.82, 2.24) is 19.9 Å². The van der Waals surface area contributed by atoms with Crippen LogP contribution in [0.4, 0.5) is 21.7 Å². The second kappa shape index (κ2) is 7.36. The molecule has 7 nitrogen and oxygen atoms in total. The number of pyridine rings is 2. The third-order valence-electron chi connectivity index (χ3n) is 3.97. The number of hydrogen-bond donors (Lipinski definition) is 2. The first-order chi connectivity index (χ1) is 13.6. The molecule has 0 aliphatic rings. The van der Waals surface area contributed by atoms with Crippen molar-refractivity contribution in [2.24, 2.45) is 0 Å². The van der Waals surface area contributed by atoms with Crippen molar-refractivity contribution in [3.05, 3.63) is 66.9 Å². The molecule has 4 aromatic rings. The molecule has 3 aromatic heterocycles. The van der Waals surface area contributed by atoms with Crippen molar-refractivity contribution in [2.45, 2.75) is 6.92 Å². The number of amides is 1. The first-order valence-corrected chi connectivity index (χ1v) is 8.47. The van der Waals surface area contributed by atoms with Crippen LogP contribution in [-0.2, 0) is 4.79 Å². The molecular formula is C20H15FN6O. The third kappa shape index (κ3) is 3.61. The predicted molar refractivity (Wildman–Crippen MR) is 105 cm³/mol. The van der Waals surface area contributed by atoms with Gasteiger partial charge in [0.2, 0.25) is 5.91 Å². The first-order valence-electron chi connectivity index (χ1n) is 8.47. The predicted octanol–water partition coefficient (Wildman–Crippen LogP) is 3.93. The van der Waals surface area contributed by atoms with E-state index < -0.39 is 0 Å². The summed E-state index contributed by atoms with van der Waals surface area (Å²) in [6.45, 7) is 1.40. The van der Waals surface area contributed by atoms with E-state index in [0.717, 1.165) is 5.39 Å². The molecule has 0 radical (unpaired) electrons. The third-order valence-corrected chi connectivity index (χ3v) is 3.97. The zero-order valence-electron chi connectivity index (χ0n) is 14.8. The van der Waals surface area contributed by atoms with Crippen LogP contribution in [0.15, 0.2) is 61.1 Å². The van der Waals surface area contributed by atoms with Crippen LogP contribution >= 0.6 is 0 Å². The van der Waals surface area contributed by atoms with Gasteiger partial charge in [0.1, 0.15) is 23.8 Å². The maximum Gasteiger partial charge on any atom is 0.222 e. The average molecular weight is 374 g/mol. The van der Waals surface area contributed by atoms with Crippen LogP contribution in [0, 0.1) is 5.82 Å². The largest absolute Gasteiger partial charge is 0.339 e. The van der Waals surface area contributed by atoms with Crippen LogP contribution < -0.4 is 10.6 Å². The molecule has 4 rings (SSSR count). The van der Waals surface area contributed by atoms with E-state index in [9.17, 15) is 9.18 Å². The smallest absolute Gasteiger partial charge is 0.222 e. The second-order valence-corrected chi connectivity index (χ2v) is 6.00. The normalized spacial score (nSPS) is 10.6. The monoisotopic (exact) mass is 374 g/mol. The molecule has 0 aliphatic carbocycles. The van der Waals surface area contributed by atoms with Gasteiger partial charge in [0, 0.05) is 30.1 Å². The number of rotatable bonds is 4. The molecule has 8 heteroatoms. The van der Waals surface area contributed by atoms with Crippen LogP contribution in [0.5, 0.6) is 0 Å². The lowest BCUT2D eigenvalue weighted by Gasteiger charge is -2.12. The quantitative estimate of drug-likeness (QED) is 0.562. The van der Waals surface area contributed by atoms with Gasteiger partial charge in [-0.1, -0.05) is 12.1 Å². The lowest BCUT2D eigenvalue weighted by Crippen LogP contribution is -2.08. The summed E-state index contributed by atoms with van der Waals surface area (Å²) in [5.74, 6) is 0.238. The van der Waals surface area contributed by atoms with Gasteiger partial charge < -0.3 is 10.6 Å². The van der Waals surface area contributed by atoms with Crippen molar-refractivity contribution in [3.63, 3.8) is 0 Å². The summed E-state index contributed by atoms with van der Waals surface area (Å²) in [4.78, 5) is 28.2. The Bertz CT molecular complexity index is 1180. The molecular weight excluding hydrogens is 359 g/mol. The number of nitrogens with zero attached hydrogens (tertiary/aromatic N) is 4. The number of nitrogens with one attached hydrogen (secondary N) is 2. The topological polar surface area (TPSA) is 92.7 Å². The molecule has 1 aromatic carbocycles. The molecule has 138 valence electrons. The van der Waals surface area contributed by atoms with Crippen LogP contribution in [-0.4, -0.2) is 25.8 Å². The van der Waals surface area contributed by atoms with E-state index in [4.69, 9.17) is 0 Å². The number of aromatic nitrogens is 4. The van der Waals surface area contributed by atoms with Crippen LogP contribution in [0.2, 0.25) is 0 Å². The highest BCUT2D eigenvalue weighted by atomic mass is 19.1. The summed E-state index contributed by atoms with van der Waals surface area (Å²) in [7, 11) is 0. The molecule has 0 bridgehead atoms. The molecule has 0 saturated carbocycles. The maximum atomic E-state index is 14.3. The number of carbonyl (C=O) groups excluding carboxylic acids is 1. The molecule has 0 atom stereocenters. The molecule has 2 N–H and O–H groups in total. The van der Waals surface area contributed by atoms with Gasteiger partial charge in [0.25, 0.3) is 0 Å². The van der Waals surface area contributed by atoms with E-state index in [-0.39, 0.29) is 11.7 Å². The molecule has 0 unspecified atom stereocenters. The summed E-state index contributed by atoms with van der Waals surface area (Å²) in [6.07, 6.45) is 2.97. The Morgan fingerprint density at radius 2 is 1.82 bits per heavy atom. The molecule has 28 heavy (non-hydrogen) atoms. The summed E-state index contributed by atoms with van der Waals surface area (Å²) in [5, 5.41) is 6.55. The lowest BCUT2D eigenvalue weighted by molar-refractivity contribution is -0.114. The van der Waals surface area contributed by atoms with Gasteiger partial charge in [-0.25, -0.2) is 24.3 Å².